The van der Waals surface area contributed by atoms with E-state index >= 15 is 0 Å². The number of nitrogens with zero attached hydrogens (tertiary/aromatic N) is 2. The predicted molar refractivity (Wildman–Crippen MR) is 118 cm³/mol. The van der Waals surface area contributed by atoms with Crippen LogP contribution < -0.4 is 10.2 Å². The quantitative estimate of drug-likeness (QED) is 0.607. The van der Waals surface area contributed by atoms with E-state index in [2.05, 4.69) is 10.3 Å². The average Bonchev–Trinajstić information content (AvgIpc) is 3.23. The SMILES string of the molecule is COC(=O)C(C)(C)CNC(=O)C1CCN(c2nc(-c3ccccc3F)c(C(=O)O)s2)CC1. The summed E-state index contributed by atoms with van der Waals surface area (Å²) in [6.07, 6.45) is 1.11. The summed E-state index contributed by atoms with van der Waals surface area (Å²) in [5, 5.41) is 12.9. The fraction of sp³-hybridized carbons (Fsp3) is 0.455. The number of aromatic nitrogens is 1. The third kappa shape index (κ3) is 5.07. The minimum absolute atomic E-state index is 0.0185. The van der Waals surface area contributed by atoms with Crippen molar-refractivity contribution in [2.75, 3.05) is 31.6 Å². The van der Waals surface area contributed by atoms with Gasteiger partial charge >= 0.3 is 11.9 Å². The Morgan fingerprint density at radius 3 is 2.53 bits per heavy atom. The highest BCUT2D eigenvalue weighted by Crippen LogP contribution is 2.36. The van der Waals surface area contributed by atoms with Crippen LogP contribution in [0.1, 0.15) is 36.4 Å². The monoisotopic (exact) mass is 463 g/mol. The Morgan fingerprint density at radius 2 is 1.94 bits per heavy atom. The molecule has 0 radical (unpaired) electrons. The van der Waals surface area contributed by atoms with Crippen LogP contribution in [0.5, 0.6) is 0 Å². The number of halogens is 1. The second-order valence-corrected chi connectivity index (χ2v) is 9.29. The highest BCUT2D eigenvalue weighted by atomic mass is 32.1. The lowest BCUT2D eigenvalue weighted by Crippen LogP contribution is -2.45. The van der Waals surface area contributed by atoms with Crippen LogP contribution in [0.25, 0.3) is 11.3 Å². The maximum atomic E-state index is 14.2. The van der Waals surface area contributed by atoms with Crippen molar-refractivity contribution in [2.24, 2.45) is 11.3 Å². The van der Waals surface area contributed by atoms with Gasteiger partial charge in [-0.05, 0) is 38.8 Å². The number of anilines is 1. The molecule has 0 saturated carbocycles. The molecule has 1 aromatic heterocycles. The average molecular weight is 464 g/mol. The molecule has 2 aromatic rings. The molecule has 3 rings (SSSR count). The summed E-state index contributed by atoms with van der Waals surface area (Å²) in [4.78, 5) is 42.4. The standard InChI is InChI=1S/C22H26FN3O5S/c1-22(2,20(30)31-3)12-24-18(27)13-8-10-26(11-9-13)21-25-16(17(32-21)19(28)29)14-6-4-5-7-15(14)23/h4-7,13H,8-12H2,1-3H3,(H,24,27)(H,28,29). The van der Waals surface area contributed by atoms with E-state index in [-0.39, 0.29) is 34.5 Å². The van der Waals surface area contributed by atoms with Crippen molar-refractivity contribution in [2.45, 2.75) is 26.7 Å². The number of ether oxygens (including phenoxy) is 1. The van der Waals surface area contributed by atoms with Crippen LogP contribution in [-0.4, -0.2) is 54.7 Å². The van der Waals surface area contributed by atoms with Crippen LogP contribution in [0.15, 0.2) is 24.3 Å². The number of aromatic carboxylic acids is 1. The molecule has 1 fully saturated rings. The molecule has 8 nitrogen and oxygen atoms in total. The van der Waals surface area contributed by atoms with E-state index in [0.29, 0.717) is 31.1 Å². The molecule has 0 unspecified atom stereocenters. The third-order valence-electron chi connectivity index (χ3n) is 5.52. The summed E-state index contributed by atoms with van der Waals surface area (Å²) < 4.78 is 19.0. The van der Waals surface area contributed by atoms with Crippen molar-refractivity contribution in [1.29, 1.82) is 0 Å². The molecule has 1 aromatic carbocycles. The third-order valence-corrected chi connectivity index (χ3v) is 6.62. The van der Waals surface area contributed by atoms with Gasteiger partial charge in [-0.1, -0.05) is 23.5 Å². The van der Waals surface area contributed by atoms with Crippen molar-refractivity contribution in [3.63, 3.8) is 0 Å². The molecule has 1 aliphatic rings. The van der Waals surface area contributed by atoms with E-state index in [1.54, 1.807) is 19.9 Å². The Balaban J connectivity index is 1.66. The zero-order valence-corrected chi connectivity index (χ0v) is 19.0. The molecule has 32 heavy (non-hydrogen) atoms. The number of methoxy groups -OCH3 is 1. The smallest absolute Gasteiger partial charge is 0.348 e. The number of carboxylic acid groups (broad SMARTS) is 1. The van der Waals surface area contributed by atoms with Gasteiger partial charge in [0.05, 0.1) is 12.5 Å². The van der Waals surface area contributed by atoms with Gasteiger partial charge in [-0.25, -0.2) is 14.2 Å². The number of carbonyl (C=O) groups is 3. The topological polar surface area (TPSA) is 109 Å². The van der Waals surface area contributed by atoms with Gasteiger partial charge in [-0.15, -0.1) is 0 Å². The molecule has 0 bridgehead atoms. The van der Waals surface area contributed by atoms with Gasteiger partial charge < -0.3 is 20.1 Å². The van der Waals surface area contributed by atoms with Gasteiger partial charge in [0.25, 0.3) is 0 Å². The second kappa shape index (κ2) is 9.64. The maximum absolute atomic E-state index is 14.2. The number of carbonyl (C=O) groups excluding carboxylic acids is 2. The van der Waals surface area contributed by atoms with E-state index in [4.69, 9.17) is 4.74 Å². The first-order valence-corrected chi connectivity index (χ1v) is 11.1. The van der Waals surface area contributed by atoms with E-state index in [1.165, 1.54) is 25.3 Å². The molecule has 10 heteroatoms. The number of hydrogen-bond donors (Lipinski definition) is 2. The summed E-state index contributed by atoms with van der Waals surface area (Å²) in [6.45, 7) is 4.62. The van der Waals surface area contributed by atoms with Gasteiger partial charge in [-0.3, -0.25) is 9.59 Å². The van der Waals surface area contributed by atoms with Crippen LogP contribution in [0, 0.1) is 17.2 Å². The first kappa shape index (κ1) is 23.6. The Kier molecular flexibility index (Phi) is 7.12. The van der Waals surface area contributed by atoms with Crippen molar-refractivity contribution in [3.8, 4) is 11.3 Å². The zero-order valence-electron chi connectivity index (χ0n) is 18.2. The molecule has 0 spiro atoms. The fourth-order valence-electron chi connectivity index (χ4n) is 3.56. The van der Waals surface area contributed by atoms with Gasteiger partial charge in [0.2, 0.25) is 5.91 Å². The minimum atomic E-state index is -1.16. The highest BCUT2D eigenvalue weighted by molar-refractivity contribution is 7.17. The second-order valence-electron chi connectivity index (χ2n) is 8.31. The molecule has 0 atom stereocenters. The van der Waals surface area contributed by atoms with Crippen LogP contribution >= 0.6 is 11.3 Å². The molecule has 172 valence electrons. The van der Waals surface area contributed by atoms with Gasteiger partial charge in [-0.2, -0.15) is 0 Å². The van der Waals surface area contributed by atoms with Crippen molar-refractivity contribution in [3.05, 3.63) is 35.0 Å². The molecule has 0 aliphatic carbocycles. The summed E-state index contributed by atoms with van der Waals surface area (Å²) in [7, 11) is 1.31. The number of rotatable bonds is 7. The molecule has 2 heterocycles. The molecule has 1 amide bonds. The number of carboxylic acids is 1. The molecule has 2 N–H and O–H groups in total. The van der Waals surface area contributed by atoms with Crippen LogP contribution in [-0.2, 0) is 14.3 Å². The van der Waals surface area contributed by atoms with Gasteiger partial charge in [0.15, 0.2) is 5.13 Å². The highest BCUT2D eigenvalue weighted by Gasteiger charge is 2.32. The number of thiazole rings is 1. The molecule has 1 saturated heterocycles. The Hall–Kier alpha value is -3.01. The van der Waals surface area contributed by atoms with E-state index < -0.39 is 23.2 Å². The Labute approximate surface area is 189 Å². The van der Waals surface area contributed by atoms with Gasteiger partial charge in [0, 0.05) is 31.1 Å². The molecule has 1 aliphatic heterocycles. The fourth-order valence-corrected chi connectivity index (χ4v) is 4.53. The summed E-state index contributed by atoms with van der Waals surface area (Å²) in [5.41, 5.74) is -0.557. The maximum Gasteiger partial charge on any atom is 0.348 e. The van der Waals surface area contributed by atoms with Crippen LogP contribution in [0.4, 0.5) is 9.52 Å². The summed E-state index contributed by atoms with van der Waals surface area (Å²) in [6, 6.07) is 5.95. The van der Waals surface area contributed by atoms with Crippen LogP contribution in [0.3, 0.4) is 0 Å². The number of benzene rings is 1. The number of hydrogen-bond acceptors (Lipinski definition) is 7. The van der Waals surface area contributed by atoms with E-state index in [1.807, 2.05) is 4.90 Å². The lowest BCUT2D eigenvalue weighted by atomic mass is 9.92. The minimum Gasteiger partial charge on any atom is -0.477 e. The number of esters is 1. The number of nitrogens with one attached hydrogen (secondary N) is 1. The van der Waals surface area contributed by atoms with E-state index in [0.717, 1.165) is 11.3 Å². The molecular weight excluding hydrogens is 437 g/mol. The zero-order chi connectivity index (χ0) is 23.5. The van der Waals surface area contributed by atoms with Crippen LogP contribution in [0.2, 0.25) is 0 Å². The Morgan fingerprint density at radius 1 is 1.28 bits per heavy atom. The number of piperidine rings is 1. The van der Waals surface area contributed by atoms with Crippen molar-refractivity contribution < 1.29 is 28.6 Å². The van der Waals surface area contributed by atoms with Gasteiger partial charge in [0.1, 0.15) is 16.4 Å². The summed E-state index contributed by atoms with van der Waals surface area (Å²) >= 11 is 1.00. The largest absolute Gasteiger partial charge is 0.477 e. The first-order chi connectivity index (χ1) is 15.1. The first-order valence-electron chi connectivity index (χ1n) is 10.2. The lowest BCUT2D eigenvalue weighted by molar-refractivity contribution is -0.150. The molecular formula is C22H26FN3O5S. The van der Waals surface area contributed by atoms with Crippen molar-refractivity contribution >= 4 is 34.3 Å². The van der Waals surface area contributed by atoms with E-state index in [9.17, 15) is 23.9 Å². The summed E-state index contributed by atoms with van der Waals surface area (Å²) in [5.74, 6) is -2.42. The predicted octanol–water partition coefficient (Wildman–Crippen LogP) is 3.18. The number of amides is 1. The normalized spacial score (nSPS) is 14.8. The van der Waals surface area contributed by atoms with Crippen molar-refractivity contribution in [1.82, 2.24) is 10.3 Å². The Bertz CT molecular complexity index is 1010. The lowest BCUT2D eigenvalue weighted by Gasteiger charge is -2.31.